The maximum atomic E-state index is 3.58. The fourth-order valence-electron chi connectivity index (χ4n) is 1.91. The highest BCUT2D eigenvalue weighted by molar-refractivity contribution is 4.72. The predicted molar refractivity (Wildman–Crippen MR) is 58.0 cm³/mol. The first-order valence-electron chi connectivity index (χ1n) is 5.76. The Morgan fingerprint density at radius 3 is 2.85 bits per heavy atom. The molecule has 0 unspecified atom stereocenters. The van der Waals surface area contributed by atoms with Gasteiger partial charge in [-0.15, -0.1) is 0 Å². The van der Waals surface area contributed by atoms with Gasteiger partial charge in [0.05, 0.1) is 0 Å². The van der Waals surface area contributed by atoms with Crippen LogP contribution < -0.4 is 10.6 Å². The summed E-state index contributed by atoms with van der Waals surface area (Å²) in [4.78, 5) is 0. The summed E-state index contributed by atoms with van der Waals surface area (Å²) in [5, 5.41) is 7.04. The van der Waals surface area contributed by atoms with Gasteiger partial charge in [-0.1, -0.05) is 20.3 Å². The van der Waals surface area contributed by atoms with Gasteiger partial charge in [0.25, 0.3) is 0 Å². The maximum Gasteiger partial charge on any atom is 0.00675 e. The minimum absolute atomic E-state index is 0.638. The summed E-state index contributed by atoms with van der Waals surface area (Å²) in [5.74, 6) is 0. The van der Waals surface area contributed by atoms with Crippen molar-refractivity contribution < 1.29 is 0 Å². The molecule has 0 aromatic rings. The van der Waals surface area contributed by atoms with Gasteiger partial charge < -0.3 is 10.6 Å². The summed E-state index contributed by atoms with van der Waals surface area (Å²) in [6.07, 6.45) is 6.85. The van der Waals surface area contributed by atoms with Gasteiger partial charge in [-0.25, -0.2) is 0 Å². The summed E-state index contributed by atoms with van der Waals surface area (Å²) in [7, 11) is 0. The Labute approximate surface area is 82.5 Å². The lowest BCUT2D eigenvalue weighted by Crippen LogP contribution is -2.34. The molecule has 0 spiro atoms. The smallest absolute Gasteiger partial charge is 0.00675 e. The molecule has 2 nitrogen and oxygen atoms in total. The lowest BCUT2D eigenvalue weighted by molar-refractivity contribution is 0.371. The van der Waals surface area contributed by atoms with Crippen molar-refractivity contribution in [2.24, 2.45) is 0 Å². The van der Waals surface area contributed by atoms with E-state index in [4.69, 9.17) is 0 Å². The van der Waals surface area contributed by atoms with Crippen molar-refractivity contribution in [2.75, 3.05) is 13.1 Å². The number of nitrogens with one attached hydrogen (secondary N) is 2. The molecular formula is C11H24N2. The van der Waals surface area contributed by atoms with Crippen molar-refractivity contribution in [3.8, 4) is 0 Å². The Morgan fingerprint density at radius 1 is 1.38 bits per heavy atom. The van der Waals surface area contributed by atoms with E-state index in [0.717, 1.165) is 6.04 Å². The van der Waals surface area contributed by atoms with E-state index in [2.05, 4.69) is 24.5 Å². The summed E-state index contributed by atoms with van der Waals surface area (Å²) in [6, 6.07) is 1.45. The van der Waals surface area contributed by atoms with Gasteiger partial charge in [0.15, 0.2) is 0 Å². The van der Waals surface area contributed by atoms with Crippen LogP contribution in [-0.2, 0) is 0 Å². The van der Waals surface area contributed by atoms with E-state index in [9.17, 15) is 0 Å². The molecule has 1 aliphatic heterocycles. The quantitative estimate of drug-likeness (QED) is 0.638. The summed E-state index contributed by atoms with van der Waals surface area (Å²) < 4.78 is 0. The van der Waals surface area contributed by atoms with Crippen LogP contribution in [0.2, 0.25) is 0 Å². The van der Waals surface area contributed by atoms with Crippen LogP contribution in [0.4, 0.5) is 0 Å². The van der Waals surface area contributed by atoms with Gasteiger partial charge in [-0.05, 0) is 38.8 Å². The molecule has 1 rings (SSSR count). The van der Waals surface area contributed by atoms with Gasteiger partial charge in [0, 0.05) is 12.1 Å². The third kappa shape index (κ3) is 5.27. The minimum atomic E-state index is 0.638. The van der Waals surface area contributed by atoms with Crippen LogP contribution >= 0.6 is 0 Å². The van der Waals surface area contributed by atoms with Gasteiger partial charge in [-0.2, -0.15) is 0 Å². The minimum Gasteiger partial charge on any atom is -0.315 e. The predicted octanol–water partition coefficient (Wildman–Crippen LogP) is 1.91. The van der Waals surface area contributed by atoms with Gasteiger partial charge >= 0.3 is 0 Å². The molecule has 1 fully saturated rings. The average molecular weight is 184 g/mol. The Morgan fingerprint density at radius 2 is 2.23 bits per heavy atom. The van der Waals surface area contributed by atoms with E-state index in [1.165, 1.54) is 45.2 Å². The second-order valence-corrected chi connectivity index (χ2v) is 4.40. The highest BCUT2D eigenvalue weighted by atomic mass is 14.9. The van der Waals surface area contributed by atoms with E-state index in [1.807, 2.05) is 0 Å². The van der Waals surface area contributed by atoms with Crippen LogP contribution in [0.15, 0.2) is 0 Å². The first-order chi connectivity index (χ1) is 6.29. The van der Waals surface area contributed by atoms with E-state index in [1.54, 1.807) is 0 Å². The second kappa shape index (κ2) is 6.39. The van der Waals surface area contributed by atoms with E-state index in [0.29, 0.717) is 6.04 Å². The molecule has 1 aliphatic rings. The van der Waals surface area contributed by atoms with Gasteiger partial charge in [-0.3, -0.25) is 0 Å². The van der Waals surface area contributed by atoms with Gasteiger partial charge in [0.2, 0.25) is 0 Å². The van der Waals surface area contributed by atoms with Crippen LogP contribution in [0.3, 0.4) is 0 Å². The third-order valence-corrected chi connectivity index (χ3v) is 2.69. The SMILES string of the molecule is CC(C)NCCC[C@H]1CCCCN1. The second-order valence-electron chi connectivity index (χ2n) is 4.40. The van der Waals surface area contributed by atoms with E-state index >= 15 is 0 Å². The first-order valence-corrected chi connectivity index (χ1v) is 5.76. The molecule has 0 saturated carbocycles. The molecule has 0 aromatic carbocycles. The Hall–Kier alpha value is -0.0800. The number of rotatable bonds is 5. The molecule has 1 heterocycles. The van der Waals surface area contributed by atoms with Crippen LogP contribution in [0.25, 0.3) is 0 Å². The van der Waals surface area contributed by atoms with Crippen molar-refractivity contribution in [3.05, 3.63) is 0 Å². The summed E-state index contributed by atoms with van der Waals surface area (Å²) in [5.41, 5.74) is 0. The van der Waals surface area contributed by atoms with Crippen molar-refractivity contribution in [1.82, 2.24) is 10.6 Å². The molecule has 13 heavy (non-hydrogen) atoms. The Bertz CT molecular complexity index is 117. The molecule has 1 saturated heterocycles. The largest absolute Gasteiger partial charge is 0.315 e. The zero-order valence-corrected chi connectivity index (χ0v) is 9.10. The van der Waals surface area contributed by atoms with Crippen LogP contribution in [-0.4, -0.2) is 25.2 Å². The van der Waals surface area contributed by atoms with Crippen molar-refractivity contribution >= 4 is 0 Å². The molecule has 0 aromatic heterocycles. The maximum absolute atomic E-state index is 3.58. The van der Waals surface area contributed by atoms with Crippen molar-refractivity contribution in [3.63, 3.8) is 0 Å². The molecular weight excluding hydrogens is 160 g/mol. The summed E-state index contributed by atoms with van der Waals surface area (Å²) in [6.45, 7) is 6.83. The molecule has 0 radical (unpaired) electrons. The molecule has 0 aliphatic carbocycles. The molecule has 2 heteroatoms. The highest BCUT2D eigenvalue weighted by Crippen LogP contribution is 2.11. The topological polar surface area (TPSA) is 24.1 Å². The van der Waals surface area contributed by atoms with Crippen LogP contribution in [0, 0.1) is 0 Å². The standard InChI is InChI=1S/C11H24N2/c1-10(2)12-9-5-7-11-6-3-4-8-13-11/h10-13H,3-9H2,1-2H3/t11-/m1/s1. The Balaban J connectivity index is 1.92. The monoisotopic (exact) mass is 184 g/mol. The van der Waals surface area contributed by atoms with E-state index < -0.39 is 0 Å². The third-order valence-electron chi connectivity index (χ3n) is 2.69. The number of piperidine rings is 1. The zero-order chi connectivity index (χ0) is 9.52. The summed E-state index contributed by atoms with van der Waals surface area (Å²) >= 11 is 0. The number of hydrogen-bond donors (Lipinski definition) is 2. The molecule has 0 amide bonds. The average Bonchev–Trinajstić information content (AvgIpc) is 2.14. The molecule has 2 N–H and O–H groups in total. The highest BCUT2D eigenvalue weighted by Gasteiger charge is 2.11. The molecule has 0 bridgehead atoms. The first kappa shape index (κ1) is 11.0. The fourth-order valence-corrected chi connectivity index (χ4v) is 1.91. The van der Waals surface area contributed by atoms with Crippen LogP contribution in [0.5, 0.6) is 0 Å². The van der Waals surface area contributed by atoms with Gasteiger partial charge in [0.1, 0.15) is 0 Å². The Kier molecular flexibility index (Phi) is 5.40. The normalized spacial score (nSPS) is 23.8. The van der Waals surface area contributed by atoms with Crippen molar-refractivity contribution in [1.29, 1.82) is 0 Å². The number of hydrogen-bond acceptors (Lipinski definition) is 2. The molecule has 78 valence electrons. The van der Waals surface area contributed by atoms with E-state index in [-0.39, 0.29) is 0 Å². The van der Waals surface area contributed by atoms with Crippen molar-refractivity contribution in [2.45, 2.75) is 58.0 Å². The lowest BCUT2D eigenvalue weighted by Gasteiger charge is -2.23. The lowest BCUT2D eigenvalue weighted by atomic mass is 10.0. The zero-order valence-electron chi connectivity index (χ0n) is 9.10. The van der Waals surface area contributed by atoms with Crippen LogP contribution in [0.1, 0.15) is 46.0 Å². The molecule has 1 atom stereocenters. The fraction of sp³-hybridized carbons (Fsp3) is 1.00.